The fourth-order valence-corrected chi connectivity index (χ4v) is 4.05. The Labute approximate surface area is 217 Å². The molecule has 1 N–H and O–H groups in total. The number of carbonyl (C=O) groups excluding carboxylic acids is 1. The van der Waals surface area contributed by atoms with E-state index in [0.29, 0.717) is 10.9 Å². The standard InChI is InChI=1S/C29H22ClFN2O4/c30-20-4-8-22(9-5-20)33(17-18-1-2-18)23-10-13-26(32-16-23)28(34)19-3-14-27(25(15-19)29(35)36)37-24-11-6-21(31)7-12-24/h3-16,18H,1-2,17H2,(H,35,36). The van der Waals surface area contributed by atoms with E-state index in [9.17, 15) is 19.1 Å². The van der Waals surface area contributed by atoms with E-state index in [2.05, 4.69) is 9.88 Å². The van der Waals surface area contributed by atoms with Gasteiger partial charge in [0.25, 0.3) is 0 Å². The topological polar surface area (TPSA) is 79.7 Å². The fourth-order valence-electron chi connectivity index (χ4n) is 3.92. The second kappa shape index (κ2) is 10.4. The molecule has 0 atom stereocenters. The lowest BCUT2D eigenvalue weighted by Gasteiger charge is -2.25. The van der Waals surface area contributed by atoms with Gasteiger partial charge in [0.1, 0.15) is 28.6 Å². The third-order valence-electron chi connectivity index (χ3n) is 6.08. The Morgan fingerprint density at radius 2 is 1.68 bits per heavy atom. The minimum Gasteiger partial charge on any atom is -0.478 e. The number of halogens is 2. The number of carboxylic acid groups (broad SMARTS) is 1. The van der Waals surface area contributed by atoms with Crippen LogP contribution in [0.3, 0.4) is 0 Å². The number of ketones is 1. The second-order valence-electron chi connectivity index (χ2n) is 8.83. The quantitative estimate of drug-likeness (QED) is 0.238. The molecule has 0 spiro atoms. The van der Waals surface area contributed by atoms with Crippen LogP contribution in [0.1, 0.15) is 39.3 Å². The number of benzene rings is 3. The second-order valence-corrected chi connectivity index (χ2v) is 9.27. The highest BCUT2D eigenvalue weighted by Crippen LogP contribution is 2.35. The number of carboxylic acids is 1. The third-order valence-corrected chi connectivity index (χ3v) is 6.33. The molecule has 4 aromatic rings. The molecule has 1 aliphatic carbocycles. The monoisotopic (exact) mass is 516 g/mol. The molecule has 0 amide bonds. The lowest BCUT2D eigenvalue weighted by Crippen LogP contribution is -2.20. The van der Waals surface area contributed by atoms with Crippen molar-refractivity contribution in [2.45, 2.75) is 12.8 Å². The van der Waals surface area contributed by atoms with E-state index in [4.69, 9.17) is 16.3 Å². The molecule has 1 heterocycles. The van der Waals surface area contributed by atoms with Crippen molar-refractivity contribution in [3.8, 4) is 11.5 Å². The highest BCUT2D eigenvalue weighted by Gasteiger charge is 2.26. The Bertz CT molecular complexity index is 1440. The number of aromatic nitrogens is 1. The summed E-state index contributed by atoms with van der Waals surface area (Å²) in [7, 11) is 0. The lowest BCUT2D eigenvalue weighted by molar-refractivity contribution is 0.0694. The van der Waals surface area contributed by atoms with Crippen molar-refractivity contribution >= 4 is 34.7 Å². The van der Waals surface area contributed by atoms with E-state index in [1.807, 2.05) is 30.3 Å². The first-order valence-corrected chi connectivity index (χ1v) is 12.1. The summed E-state index contributed by atoms with van der Waals surface area (Å²) in [6, 6.07) is 20.4. The third kappa shape index (κ3) is 5.78. The molecule has 8 heteroatoms. The SMILES string of the molecule is O=C(c1ccc(Oc2ccc(F)cc2)c(C(=O)O)c1)c1ccc(N(CC2CC2)c2ccc(Cl)cc2)cn1. The molecule has 1 saturated carbocycles. The average molecular weight is 517 g/mol. The Hall–Kier alpha value is -4.23. The van der Waals surface area contributed by atoms with Gasteiger partial charge in [-0.15, -0.1) is 0 Å². The predicted octanol–water partition coefficient (Wildman–Crippen LogP) is 7.14. The Morgan fingerprint density at radius 3 is 2.30 bits per heavy atom. The molecular weight excluding hydrogens is 495 g/mol. The maximum absolute atomic E-state index is 13.2. The Balaban J connectivity index is 1.38. The van der Waals surface area contributed by atoms with Crippen molar-refractivity contribution in [1.29, 1.82) is 0 Å². The van der Waals surface area contributed by atoms with Crippen LogP contribution in [0, 0.1) is 11.7 Å². The van der Waals surface area contributed by atoms with Crippen LogP contribution in [0.25, 0.3) is 0 Å². The molecule has 37 heavy (non-hydrogen) atoms. The molecule has 0 bridgehead atoms. The van der Waals surface area contributed by atoms with Crippen molar-refractivity contribution in [2.24, 2.45) is 5.92 Å². The van der Waals surface area contributed by atoms with E-state index < -0.39 is 17.6 Å². The van der Waals surface area contributed by atoms with Gasteiger partial charge in [-0.25, -0.2) is 9.18 Å². The summed E-state index contributed by atoms with van der Waals surface area (Å²) in [6.45, 7) is 0.841. The van der Waals surface area contributed by atoms with Gasteiger partial charge < -0.3 is 14.7 Å². The Morgan fingerprint density at radius 1 is 0.973 bits per heavy atom. The first-order chi connectivity index (χ1) is 17.9. The molecule has 1 aliphatic rings. The zero-order chi connectivity index (χ0) is 25.9. The number of hydrogen-bond acceptors (Lipinski definition) is 5. The van der Waals surface area contributed by atoms with Crippen LogP contribution < -0.4 is 9.64 Å². The van der Waals surface area contributed by atoms with Crippen LogP contribution in [0.5, 0.6) is 11.5 Å². The molecule has 186 valence electrons. The maximum Gasteiger partial charge on any atom is 0.339 e. The van der Waals surface area contributed by atoms with Gasteiger partial charge in [0.2, 0.25) is 5.78 Å². The zero-order valence-corrected chi connectivity index (χ0v) is 20.4. The molecule has 0 saturated heterocycles. The molecule has 1 aromatic heterocycles. The van der Waals surface area contributed by atoms with Gasteiger partial charge in [-0.3, -0.25) is 9.78 Å². The van der Waals surface area contributed by atoms with E-state index in [1.54, 1.807) is 12.3 Å². The van der Waals surface area contributed by atoms with E-state index >= 15 is 0 Å². The highest BCUT2D eigenvalue weighted by molar-refractivity contribution is 6.30. The summed E-state index contributed by atoms with van der Waals surface area (Å²) in [4.78, 5) is 31.5. The number of ether oxygens (including phenoxy) is 1. The van der Waals surface area contributed by atoms with Gasteiger partial charge in [-0.2, -0.15) is 0 Å². The molecule has 5 rings (SSSR count). The van der Waals surface area contributed by atoms with Crippen LogP contribution in [0.15, 0.2) is 85.1 Å². The van der Waals surface area contributed by atoms with Crippen molar-refractivity contribution in [3.05, 3.63) is 113 Å². The largest absolute Gasteiger partial charge is 0.478 e. The van der Waals surface area contributed by atoms with Crippen LogP contribution >= 0.6 is 11.6 Å². The molecule has 0 aliphatic heterocycles. The number of carbonyl (C=O) groups is 2. The zero-order valence-electron chi connectivity index (χ0n) is 19.6. The molecular formula is C29H22ClFN2O4. The van der Waals surface area contributed by atoms with Gasteiger partial charge in [0, 0.05) is 22.8 Å². The van der Waals surface area contributed by atoms with Gasteiger partial charge in [0.05, 0.1) is 11.9 Å². The minimum atomic E-state index is -1.26. The highest BCUT2D eigenvalue weighted by atomic mass is 35.5. The number of hydrogen-bond donors (Lipinski definition) is 1. The van der Waals surface area contributed by atoms with Crippen LogP contribution in [0.2, 0.25) is 5.02 Å². The normalized spacial score (nSPS) is 12.7. The first-order valence-electron chi connectivity index (χ1n) is 11.7. The number of aromatic carboxylic acids is 1. The molecule has 0 radical (unpaired) electrons. The maximum atomic E-state index is 13.2. The van der Waals surface area contributed by atoms with Crippen molar-refractivity contribution in [2.75, 3.05) is 11.4 Å². The van der Waals surface area contributed by atoms with Crippen molar-refractivity contribution < 1.29 is 23.8 Å². The van der Waals surface area contributed by atoms with E-state index in [0.717, 1.165) is 17.9 Å². The number of nitrogens with zero attached hydrogens (tertiary/aromatic N) is 2. The van der Waals surface area contributed by atoms with Crippen LogP contribution in [-0.2, 0) is 0 Å². The van der Waals surface area contributed by atoms with Gasteiger partial charge >= 0.3 is 5.97 Å². The Kier molecular flexibility index (Phi) is 6.88. The smallest absolute Gasteiger partial charge is 0.339 e. The predicted molar refractivity (Wildman–Crippen MR) is 139 cm³/mol. The number of pyridine rings is 1. The van der Waals surface area contributed by atoms with Crippen molar-refractivity contribution in [3.63, 3.8) is 0 Å². The minimum absolute atomic E-state index is 0.0395. The number of anilines is 2. The summed E-state index contributed by atoms with van der Waals surface area (Å²) in [6.07, 6.45) is 4.01. The van der Waals surface area contributed by atoms with E-state index in [1.165, 1.54) is 55.3 Å². The summed E-state index contributed by atoms with van der Waals surface area (Å²) < 4.78 is 18.8. The molecule has 6 nitrogen and oxygen atoms in total. The molecule has 3 aromatic carbocycles. The van der Waals surface area contributed by atoms with Gasteiger partial charge in [-0.05, 0) is 97.6 Å². The molecule has 0 unspecified atom stereocenters. The van der Waals surface area contributed by atoms with Gasteiger partial charge in [0.15, 0.2) is 0 Å². The van der Waals surface area contributed by atoms with Gasteiger partial charge in [-0.1, -0.05) is 11.6 Å². The van der Waals surface area contributed by atoms with Crippen molar-refractivity contribution in [1.82, 2.24) is 4.98 Å². The summed E-state index contributed by atoms with van der Waals surface area (Å²) in [5.74, 6) is -1.18. The average Bonchev–Trinajstić information content (AvgIpc) is 3.73. The summed E-state index contributed by atoms with van der Waals surface area (Å²) >= 11 is 6.05. The van der Waals surface area contributed by atoms with Crippen LogP contribution in [-0.4, -0.2) is 28.4 Å². The molecule has 1 fully saturated rings. The first kappa shape index (κ1) is 24.5. The van der Waals surface area contributed by atoms with Crippen LogP contribution in [0.4, 0.5) is 15.8 Å². The summed E-state index contributed by atoms with van der Waals surface area (Å²) in [5.41, 5.74) is 2.00. The van der Waals surface area contributed by atoms with E-state index in [-0.39, 0.29) is 28.3 Å². The lowest BCUT2D eigenvalue weighted by atomic mass is 10.0. The number of rotatable bonds is 9. The summed E-state index contributed by atoms with van der Waals surface area (Å²) in [5, 5.41) is 10.3. The fraction of sp³-hybridized carbons (Fsp3) is 0.138.